The van der Waals surface area contributed by atoms with Gasteiger partial charge in [-0.25, -0.2) is 9.97 Å². The third kappa shape index (κ3) is 7.24. The molecule has 0 N–H and O–H groups in total. The lowest BCUT2D eigenvalue weighted by Crippen LogP contribution is -2.20. The zero-order chi connectivity index (χ0) is 27.0. The number of nitriles is 1. The van der Waals surface area contributed by atoms with Crippen LogP contribution in [0.15, 0.2) is 53.8 Å². The van der Waals surface area contributed by atoms with Gasteiger partial charge in [0.2, 0.25) is 5.24 Å². The van der Waals surface area contributed by atoms with Crippen molar-refractivity contribution >= 4 is 28.6 Å². The van der Waals surface area contributed by atoms with Crippen molar-refractivity contribution < 1.29 is 14.3 Å². The second-order valence-electron chi connectivity index (χ2n) is 9.29. The van der Waals surface area contributed by atoms with E-state index in [4.69, 9.17) is 21.1 Å². The van der Waals surface area contributed by atoms with E-state index in [0.29, 0.717) is 37.4 Å². The lowest BCUT2D eigenvalue weighted by atomic mass is 9.77. The zero-order valence-corrected chi connectivity index (χ0v) is 23.4. The van der Waals surface area contributed by atoms with Gasteiger partial charge >= 0.3 is 0 Å². The number of halogens is 1. The SMILES string of the molecule is CCc1cc(C(C)(C)c2ccc(OCc3ccnc(SC)n3)cc2)cc(C#N)c1OCCC(C)C(=O)Cl. The predicted molar refractivity (Wildman–Crippen MR) is 147 cm³/mol. The smallest absolute Gasteiger partial charge is 0.224 e. The molecular formula is C29H32ClN3O3S. The van der Waals surface area contributed by atoms with Crippen molar-refractivity contribution in [3.05, 3.63) is 76.6 Å². The highest BCUT2D eigenvalue weighted by molar-refractivity contribution is 7.98. The second kappa shape index (κ2) is 12.9. The predicted octanol–water partition coefficient (Wildman–Crippen LogP) is 6.71. The Hall–Kier alpha value is -3.08. The lowest BCUT2D eigenvalue weighted by molar-refractivity contribution is -0.115. The van der Waals surface area contributed by atoms with Crippen molar-refractivity contribution in [2.45, 2.75) is 57.7 Å². The minimum Gasteiger partial charge on any atom is -0.492 e. The van der Waals surface area contributed by atoms with Crippen molar-refractivity contribution in [2.24, 2.45) is 5.92 Å². The minimum absolute atomic E-state index is 0.295. The summed E-state index contributed by atoms with van der Waals surface area (Å²) < 4.78 is 11.9. The molecule has 8 heteroatoms. The summed E-state index contributed by atoms with van der Waals surface area (Å²) in [4.78, 5) is 19.9. The molecule has 37 heavy (non-hydrogen) atoms. The van der Waals surface area contributed by atoms with Crippen LogP contribution in [0, 0.1) is 17.2 Å². The summed E-state index contributed by atoms with van der Waals surface area (Å²) in [5, 5.41) is 10.2. The molecule has 194 valence electrons. The number of nitrogens with zero attached hydrogens (tertiary/aromatic N) is 3. The number of ether oxygens (including phenoxy) is 2. The molecule has 0 aliphatic heterocycles. The molecule has 1 aromatic heterocycles. The van der Waals surface area contributed by atoms with E-state index < -0.39 is 0 Å². The van der Waals surface area contributed by atoms with Gasteiger partial charge in [0.1, 0.15) is 24.2 Å². The van der Waals surface area contributed by atoms with Gasteiger partial charge in [-0.2, -0.15) is 5.26 Å². The van der Waals surface area contributed by atoms with E-state index >= 15 is 0 Å². The average molecular weight is 538 g/mol. The van der Waals surface area contributed by atoms with Crippen molar-refractivity contribution in [1.82, 2.24) is 9.97 Å². The third-order valence-electron chi connectivity index (χ3n) is 6.41. The van der Waals surface area contributed by atoms with Gasteiger partial charge in [0.25, 0.3) is 0 Å². The highest BCUT2D eigenvalue weighted by Gasteiger charge is 2.26. The molecule has 0 bridgehead atoms. The third-order valence-corrected chi connectivity index (χ3v) is 7.34. The van der Waals surface area contributed by atoms with Crippen molar-refractivity contribution in [2.75, 3.05) is 12.9 Å². The molecule has 1 atom stereocenters. The molecular weight excluding hydrogens is 506 g/mol. The number of aromatic nitrogens is 2. The van der Waals surface area contributed by atoms with E-state index in [1.807, 2.05) is 37.4 Å². The minimum atomic E-state index is -0.382. The molecule has 2 aromatic carbocycles. The summed E-state index contributed by atoms with van der Waals surface area (Å²) in [5.74, 6) is 1.04. The first-order valence-electron chi connectivity index (χ1n) is 12.2. The zero-order valence-electron chi connectivity index (χ0n) is 21.9. The molecule has 3 rings (SSSR count). The van der Waals surface area contributed by atoms with Gasteiger partial charge in [-0.05, 0) is 71.7 Å². The molecule has 0 spiro atoms. The van der Waals surface area contributed by atoms with Crippen molar-refractivity contribution in [3.63, 3.8) is 0 Å². The summed E-state index contributed by atoms with van der Waals surface area (Å²) in [6.45, 7) is 8.76. The fraction of sp³-hybridized carbons (Fsp3) is 0.379. The first kappa shape index (κ1) is 28.5. The van der Waals surface area contributed by atoms with Crippen LogP contribution in [-0.4, -0.2) is 28.1 Å². The number of carbonyl (C=O) groups excluding carboxylic acids is 1. The Morgan fingerprint density at radius 3 is 2.51 bits per heavy atom. The number of benzene rings is 2. The molecule has 1 unspecified atom stereocenters. The second-order valence-corrected chi connectivity index (χ2v) is 10.4. The van der Waals surface area contributed by atoms with Crippen LogP contribution in [-0.2, 0) is 23.2 Å². The quantitative estimate of drug-likeness (QED) is 0.144. The Kier molecular flexibility index (Phi) is 9.96. The van der Waals surface area contributed by atoms with Gasteiger partial charge < -0.3 is 9.47 Å². The fourth-order valence-corrected chi connectivity index (χ4v) is 4.35. The highest BCUT2D eigenvalue weighted by atomic mass is 35.5. The Bertz CT molecular complexity index is 1270. The van der Waals surface area contributed by atoms with Crippen LogP contribution in [0.3, 0.4) is 0 Å². The molecule has 0 amide bonds. The highest BCUT2D eigenvalue weighted by Crippen LogP contribution is 2.37. The molecule has 0 radical (unpaired) electrons. The largest absolute Gasteiger partial charge is 0.492 e. The van der Waals surface area contributed by atoms with Gasteiger partial charge in [0.15, 0.2) is 5.16 Å². The number of hydrogen-bond donors (Lipinski definition) is 0. The van der Waals surface area contributed by atoms with E-state index in [1.54, 1.807) is 13.1 Å². The molecule has 0 fully saturated rings. The Balaban J connectivity index is 1.78. The maximum atomic E-state index is 11.3. The number of carbonyl (C=O) groups is 1. The molecule has 3 aromatic rings. The Morgan fingerprint density at radius 1 is 1.16 bits per heavy atom. The number of rotatable bonds is 12. The molecule has 0 saturated heterocycles. The van der Waals surface area contributed by atoms with E-state index in [0.717, 1.165) is 33.3 Å². The van der Waals surface area contributed by atoms with Crippen LogP contribution in [0.4, 0.5) is 0 Å². The topological polar surface area (TPSA) is 85.1 Å². The van der Waals surface area contributed by atoms with Gasteiger partial charge in [-0.1, -0.05) is 57.7 Å². The standard InChI is InChI=1S/C29H32ClN3O3S/c1-6-20-15-23(16-21(17-31)26(20)35-14-12-19(2)27(30)34)29(3,4)22-7-9-25(10-8-22)36-18-24-11-13-32-28(33-24)37-5/h7-11,13,15-16,19H,6,12,14,18H2,1-5H3. The first-order valence-corrected chi connectivity index (χ1v) is 13.8. The van der Waals surface area contributed by atoms with Gasteiger partial charge in [0, 0.05) is 17.5 Å². The Morgan fingerprint density at radius 2 is 1.89 bits per heavy atom. The molecule has 0 saturated carbocycles. The average Bonchev–Trinajstić information content (AvgIpc) is 2.91. The van der Waals surface area contributed by atoms with Crippen LogP contribution in [0.2, 0.25) is 0 Å². The molecule has 6 nitrogen and oxygen atoms in total. The summed E-state index contributed by atoms with van der Waals surface area (Å²) in [6.07, 6.45) is 4.89. The van der Waals surface area contributed by atoms with E-state index in [9.17, 15) is 10.1 Å². The molecule has 0 aliphatic carbocycles. The fourth-order valence-electron chi connectivity index (χ4n) is 3.86. The van der Waals surface area contributed by atoms with E-state index in [-0.39, 0.29) is 16.6 Å². The lowest BCUT2D eigenvalue weighted by Gasteiger charge is -2.28. The van der Waals surface area contributed by atoms with E-state index in [2.05, 4.69) is 48.1 Å². The van der Waals surface area contributed by atoms with Crippen LogP contribution in [0.1, 0.15) is 62.1 Å². The van der Waals surface area contributed by atoms with Crippen LogP contribution in [0.25, 0.3) is 0 Å². The van der Waals surface area contributed by atoms with Crippen LogP contribution in [0.5, 0.6) is 11.5 Å². The van der Waals surface area contributed by atoms with Gasteiger partial charge in [0.05, 0.1) is 17.9 Å². The maximum Gasteiger partial charge on any atom is 0.224 e. The van der Waals surface area contributed by atoms with E-state index in [1.165, 1.54) is 11.8 Å². The monoisotopic (exact) mass is 537 g/mol. The van der Waals surface area contributed by atoms with Crippen molar-refractivity contribution in [3.8, 4) is 17.6 Å². The summed E-state index contributed by atoms with van der Waals surface area (Å²) in [5.41, 5.74) is 4.04. The van der Waals surface area contributed by atoms with Gasteiger partial charge in [-0.15, -0.1) is 0 Å². The van der Waals surface area contributed by atoms with Crippen LogP contribution < -0.4 is 9.47 Å². The van der Waals surface area contributed by atoms with Crippen LogP contribution >= 0.6 is 23.4 Å². The maximum absolute atomic E-state index is 11.3. The Labute approximate surface area is 228 Å². The van der Waals surface area contributed by atoms with Crippen molar-refractivity contribution in [1.29, 1.82) is 5.26 Å². The number of thioether (sulfide) groups is 1. The molecule has 1 heterocycles. The first-order chi connectivity index (χ1) is 17.7. The van der Waals surface area contributed by atoms with Gasteiger partial charge in [-0.3, -0.25) is 4.79 Å². The number of hydrogen-bond acceptors (Lipinski definition) is 7. The summed E-state index contributed by atoms with van der Waals surface area (Å²) >= 11 is 7.06. The normalized spacial score (nSPS) is 12.0. The summed E-state index contributed by atoms with van der Waals surface area (Å²) in [7, 11) is 0. The number of aryl methyl sites for hydroxylation is 1. The molecule has 0 aliphatic rings. The summed E-state index contributed by atoms with van der Waals surface area (Å²) in [6, 6.07) is 16.2.